The van der Waals surface area contributed by atoms with Gasteiger partial charge >= 0.3 is 0 Å². The summed E-state index contributed by atoms with van der Waals surface area (Å²) in [6.45, 7) is 3.47. The smallest absolute Gasteiger partial charge is 0.222 e. The summed E-state index contributed by atoms with van der Waals surface area (Å²) in [5, 5.41) is 3.88. The van der Waals surface area contributed by atoms with Crippen LogP contribution in [0.15, 0.2) is 35.1 Å². The molecule has 0 spiro atoms. The summed E-state index contributed by atoms with van der Waals surface area (Å²) in [6.07, 6.45) is 1.94. The minimum absolute atomic E-state index is 0.0280. The van der Waals surface area contributed by atoms with Crippen molar-refractivity contribution in [2.45, 2.75) is 19.4 Å². The number of piperazine rings is 1. The predicted octanol–water partition coefficient (Wildman–Crippen LogP) is 2.23. The molecule has 7 heteroatoms. The highest BCUT2D eigenvalue weighted by Crippen LogP contribution is 2.14. The molecule has 1 aromatic carbocycles. The molecule has 3 rings (SSSR count). The van der Waals surface area contributed by atoms with E-state index in [2.05, 4.69) is 10.1 Å². The molecule has 2 heterocycles. The number of amides is 1. The van der Waals surface area contributed by atoms with E-state index in [4.69, 9.17) is 4.52 Å². The van der Waals surface area contributed by atoms with Gasteiger partial charge in [-0.1, -0.05) is 5.16 Å². The number of benzene rings is 1. The van der Waals surface area contributed by atoms with Gasteiger partial charge in [0.15, 0.2) is 0 Å². The van der Waals surface area contributed by atoms with Crippen molar-refractivity contribution < 1.29 is 18.1 Å². The lowest BCUT2D eigenvalue weighted by Crippen LogP contribution is -2.48. The highest BCUT2D eigenvalue weighted by Gasteiger charge is 2.21. The van der Waals surface area contributed by atoms with E-state index in [9.17, 15) is 13.6 Å². The van der Waals surface area contributed by atoms with Crippen LogP contribution >= 0.6 is 0 Å². The molecular formula is C17H19F2N3O2. The third kappa shape index (κ3) is 4.17. The zero-order valence-corrected chi connectivity index (χ0v) is 13.3. The van der Waals surface area contributed by atoms with E-state index in [0.29, 0.717) is 19.6 Å². The Morgan fingerprint density at radius 1 is 1.17 bits per heavy atom. The molecule has 1 aliphatic heterocycles. The lowest BCUT2D eigenvalue weighted by Gasteiger charge is -2.34. The van der Waals surface area contributed by atoms with Gasteiger partial charge in [-0.3, -0.25) is 9.69 Å². The standard InChI is InChI=1S/C17H19F2N3O2/c18-14-2-3-16(19)13(11-14)1-4-17(23)22-8-6-21(7-9-22)12-15-5-10-24-20-15/h2-3,5,10-11H,1,4,6-9,12H2. The Labute approximate surface area is 138 Å². The summed E-state index contributed by atoms with van der Waals surface area (Å²) in [4.78, 5) is 16.2. The molecule has 0 aliphatic carbocycles. The van der Waals surface area contributed by atoms with Gasteiger partial charge in [0.05, 0.1) is 5.69 Å². The molecule has 0 unspecified atom stereocenters. The van der Waals surface area contributed by atoms with Crippen LogP contribution in [0.4, 0.5) is 8.78 Å². The molecule has 24 heavy (non-hydrogen) atoms. The molecule has 1 aromatic heterocycles. The van der Waals surface area contributed by atoms with Crippen LogP contribution in [-0.2, 0) is 17.8 Å². The van der Waals surface area contributed by atoms with Crippen molar-refractivity contribution in [1.29, 1.82) is 0 Å². The van der Waals surface area contributed by atoms with Crippen molar-refractivity contribution in [3.05, 3.63) is 53.4 Å². The molecule has 2 aromatic rings. The van der Waals surface area contributed by atoms with E-state index in [1.165, 1.54) is 0 Å². The van der Waals surface area contributed by atoms with Crippen LogP contribution in [0.1, 0.15) is 17.7 Å². The SMILES string of the molecule is O=C(CCc1cc(F)ccc1F)N1CCN(Cc2ccon2)CC1. The minimum atomic E-state index is -0.486. The number of aromatic nitrogens is 1. The molecule has 128 valence electrons. The monoisotopic (exact) mass is 335 g/mol. The second kappa shape index (κ2) is 7.53. The van der Waals surface area contributed by atoms with Crippen molar-refractivity contribution in [2.75, 3.05) is 26.2 Å². The van der Waals surface area contributed by atoms with Gasteiger partial charge in [0, 0.05) is 45.2 Å². The topological polar surface area (TPSA) is 49.6 Å². The summed E-state index contributed by atoms with van der Waals surface area (Å²) < 4.78 is 31.5. The largest absolute Gasteiger partial charge is 0.364 e. The Hall–Kier alpha value is -2.28. The van der Waals surface area contributed by atoms with Crippen molar-refractivity contribution >= 4 is 5.91 Å². The summed E-state index contributed by atoms with van der Waals surface area (Å²) >= 11 is 0. The van der Waals surface area contributed by atoms with Crippen molar-refractivity contribution in [1.82, 2.24) is 15.0 Å². The fourth-order valence-corrected chi connectivity index (χ4v) is 2.84. The van der Waals surface area contributed by atoms with Crippen molar-refractivity contribution in [3.63, 3.8) is 0 Å². The normalized spacial score (nSPS) is 15.7. The molecule has 0 atom stereocenters. The van der Waals surface area contributed by atoms with Crippen LogP contribution in [-0.4, -0.2) is 47.0 Å². The molecule has 1 saturated heterocycles. The molecule has 1 aliphatic rings. The first-order chi connectivity index (χ1) is 11.6. The third-order valence-corrected chi connectivity index (χ3v) is 4.22. The Morgan fingerprint density at radius 2 is 1.96 bits per heavy atom. The second-order valence-electron chi connectivity index (χ2n) is 5.88. The highest BCUT2D eigenvalue weighted by molar-refractivity contribution is 5.76. The minimum Gasteiger partial charge on any atom is -0.364 e. The average Bonchev–Trinajstić information content (AvgIpc) is 3.09. The Kier molecular flexibility index (Phi) is 5.20. The molecule has 0 N–H and O–H groups in total. The maximum atomic E-state index is 13.6. The zero-order valence-electron chi connectivity index (χ0n) is 13.3. The van der Waals surface area contributed by atoms with E-state index < -0.39 is 11.6 Å². The van der Waals surface area contributed by atoms with Gasteiger partial charge in [0.25, 0.3) is 0 Å². The lowest BCUT2D eigenvalue weighted by atomic mass is 10.1. The number of aryl methyl sites for hydroxylation is 1. The van der Waals surface area contributed by atoms with Gasteiger partial charge in [0.1, 0.15) is 17.9 Å². The summed E-state index contributed by atoms with van der Waals surface area (Å²) in [7, 11) is 0. The first-order valence-corrected chi connectivity index (χ1v) is 7.95. The number of carbonyl (C=O) groups excluding carboxylic acids is 1. The quantitative estimate of drug-likeness (QED) is 0.841. The maximum Gasteiger partial charge on any atom is 0.222 e. The van der Waals surface area contributed by atoms with Crippen LogP contribution in [0.25, 0.3) is 0 Å². The van der Waals surface area contributed by atoms with Crippen LogP contribution in [0.3, 0.4) is 0 Å². The first-order valence-electron chi connectivity index (χ1n) is 7.95. The van der Waals surface area contributed by atoms with Gasteiger partial charge in [-0.2, -0.15) is 0 Å². The molecule has 0 radical (unpaired) electrons. The molecule has 1 fully saturated rings. The van der Waals surface area contributed by atoms with E-state index >= 15 is 0 Å². The lowest BCUT2D eigenvalue weighted by molar-refractivity contribution is -0.133. The number of carbonyl (C=O) groups is 1. The summed E-state index contributed by atoms with van der Waals surface area (Å²) in [5.74, 6) is -0.985. The zero-order chi connectivity index (χ0) is 16.9. The highest BCUT2D eigenvalue weighted by atomic mass is 19.1. The number of hydrogen-bond donors (Lipinski definition) is 0. The van der Waals surface area contributed by atoms with Gasteiger partial charge in [-0.05, 0) is 30.2 Å². The van der Waals surface area contributed by atoms with Crippen molar-refractivity contribution in [3.8, 4) is 0 Å². The van der Waals surface area contributed by atoms with Gasteiger partial charge in [0.2, 0.25) is 5.91 Å². The van der Waals surface area contributed by atoms with E-state index in [-0.39, 0.29) is 24.3 Å². The Balaban J connectivity index is 1.46. The van der Waals surface area contributed by atoms with E-state index in [1.54, 1.807) is 11.2 Å². The van der Waals surface area contributed by atoms with Crippen LogP contribution < -0.4 is 0 Å². The summed E-state index contributed by atoms with van der Waals surface area (Å²) in [6, 6.07) is 5.15. The van der Waals surface area contributed by atoms with Gasteiger partial charge in [-0.25, -0.2) is 8.78 Å². The van der Waals surface area contributed by atoms with Crippen LogP contribution in [0, 0.1) is 11.6 Å². The van der Waals surface area contributed by atoms with Crippen LogP contribution in [0.5, 0.6) is 0 Å². The fraction of sp³-hybridized carbons (Fsp3) is 0.412. The van der Waals surface area contributed by atoms with E-state index in [1.807, 2.05) is 6.07 Å². The third-order valence-electron chi connectivity index (χ3n) is 4.22. The number of hydrogen-bond acceptors (Lipinski definition) is 4. The Bertz CT molecular complexity index is 683. The molecular weight excluding hydrogens is 316 g/mol. The molecule has 0 saturated carbocycles. The van der Waals surface area contributed by atoms with Crippen molar-refractivity contribution in [2.24, 2.45) is 0 Å². The van der Waals surface area contributed by atoms with E-state index in [0.717, 1.165) is 37.0 Å². The molecule has 0 bridgehead atoms. The predicted molar refractivity (Wildman–Crippen MR) is 83.0 cm³/mol. The van der Waals surface area contributed by atoms with Crippen LogP contribution in [0.2, 0.25) is 0 Å². The first kappa shape index (κ1) is 16.6. The second-order valence-corrected chi connectivity index (χ2v) is 5.88. The van der Waals surface area contributed by atoms with Gasteiger partial charge < -0.3 is 9.42 Å². The molecule has 1 amide bonds. The summed E-state index contributed by atoms with van der Waals surface area (Å²) in [5.41, 5.74) is 1.12. The van der Waals surface area contributed by atoms with Gasteiger partial charge in [-0.15, -0.1) is 0 Å². The molecule has 5 nitrogen and oxygen atoms in total. The number of nitrogens with zero attached hydrogens (tertiary/aromatic N) is 3. The number of halogens is 2. The Morgan fingerprint density at radius 3 is 2.67 bits per heavy atom. The fourth-order valence-electron chi connectivity index (χ4n) is 2.84. The average molecular weight is 335 g/mol. The maximum absolute atomic E-state index is 13.6. The number of rotatable bonds is 5.